The van der Waals surface area contributed by atoms with Crippen molar-refractivity contribution in [1.29, 1.82) is 0 Å². The third-order valence-electron chi connectivity index (χ3n) is 3.79. The van der Waals surface area contributed by atoms with Gasteiger partial charge in [-0.15, -0.1) is 0 Å². The van der Waals surface area contributed by atoms with Gasteiger partial charge in [0.25, 0.3) is 5.91 Å². The highest BCUT2D eigenvalue weighted by Gasteiger charge is 2.16. The Balaban J connectivity index is 1.99. The number of nitrogens with zero attached hydrogens (tertiary/aromatic N) is 1. The van der Waals surface area contributed by atoms with Crippen LogP contribution >= 0.6 is 0 Å². The van der Waals surface area contributed by atoms with E-state index in [2.05, 4.69) is 35.9 Å². The van der Waals surface area contributed by atoms with Crippen molar-refractivity contribution in [3.63, 3.8) is 0 Å². The molecule has 0 saturated carbocycles. The molecule has 1 heterocycles. The molecule has 21 heavy (non-hydrogen) atoms. The van der Waals surface area contributed by atoms with Gasteiger partial charge in [-0.3, -0.25) is 4.79 Å². The van der Waals surface area contributed by atoms with E-state index < -0.39 is 0 Å². The number of aromatic nitrogens is 1. The van der Waals surface area contributed by atoms with Crippen molar-refractivity contribution < 1.29 is 4.79 Å². The fraction of sp³-hybridized carbons (Fsp3) is 0.389. The van der Waals surface area contributed by atoms with Gasteiger partial charge in [-0.05, 0) is 45.7 Å². The van der Waals surface area contributed by atoms with Gasteiger partial charge in [0.15, 0.2) is 0 Å². The van der Waals surface area contributed by atoms with E-state index in [0.717, 1.165) is 23.4 Å². The predicted octanol–water partition coefficient (Wildman–Crippen LogP) is 3.66. The second-order valence-corrected chi connectivity index (χ2v) is 5.74. The standard InChI is InChI=1S/C18H24N2O/c1-13(2)20-14(3)12-17(15(20)4)18(21)19-11-10-16-8-6-5-7-9-16/h5-9,12-13H,10-11H2,1-4H3,(H,19,21). The van der Waals surface area contributed by atoms with Crippen molar-refractivity contribution >= 4 is 5.91 Å². The number of hydrogen-bond donors (Lipinski definition) is 1. The molecule has 0 saturated heterocycles. The van der Waals surface area contributed by atoms with Crippen LogP contribution in [0.2, 0.25) is 0 Å². The van der Waals surface area contributed by atoms with Gasteiger partial charge in [0, 0.05) is 24.0 Å². The van der Waals surface area contributed by atoms with E-state index in [1.165, 1.54) is 5.56 Å². The number of rotatable bonds is 5. The molecule has 0 unspecified atom stereocenters. The number of hydrogen-bond acceptors (Lipinski definition) is 1. The molecule has 0 spiro atoms. The summed E-state index contributed by atoms with van der Waals surface area (Å²) in [6.45, 7) is 9.00. The third-order valence-corrected chi connectivity index (χ3v) is 3.79. The normalized spacial score (nSPS) is 10.9. The maximum Gasteiger partial charge on any atom is 0.253 e. The highest BCUT2D eigenvalue weighted by molar-refractivity contribution is 5.95. The maximum absolute atomic E-state index is 12.3. The van der Waals surface area contributed by atoms with Gasteiger partial charge in [0.1, 0.15) is 0 Å². The number of nitrogens with one attached hydrogen (secondary N) is 1. The van der Waals surface area contributed by atoms with Crippen molar-refractivity contribution in [3.8, 4) is 0 Å². The zero-order chi connectivity index (χ0) is 15.4. The van der Waals surface area contributed by atoms with Crippen LogP contribution in [0.4, 0.5) is 0 Å². The van der Waals surface area contributed by atoms with Gasteiger partial charge in [0.05, 0.1) is 5.56 Å². The zero-order valence-corrected chi connectivity index (χ0v) is 13.3. The molecular formula is C18H24N2O. The fourth-order valence-corrected chi connectivity index (χ4v) is 2.86. The van der Waals surface area contributed by atoms with Crippen molar-refractivity contribution in [3.05, 3.63) is 58.9 Å². The first-order chi connectivity index (χ1) is 10.0. The SMILES string of the molecule is Cc1cc(C(=O)NCCc2ccccc2)c(C)n1C(C)C. The topological polar surface area (TPSA) is 34.0 Å². The quantitative estimate of drug-likeness (QED) is 0.893. The van der Waals surface area contributed by atoms with Gasteiger partial charge >= 0.3 is 0 Å². The fourth-order valence-electron chi connectivity index (χ4n) is 2.86. The average molecular weight is 284 g/mol. The number of aryl methyl sites for hydroxylation is 1. The summed E-state index contributed by atoms with van der Waals surface area (Å²) in [5, 5.41) is 3.02. The van der Waals surface area contributed by atoms with Gasteiger partial charge in [0.2, 0.25) is 0 Å². The summed E-state index contributed by atoms with van der Waals surface area (Å²) < 4.78 is 2.20. The first-order valence-electron chi connectivity index (χ1n) is 7.51. The monoisotopic (exact) mass is 284 g/mol. The van der Waals surface area contributed by atoms with E-state index in [1.807, 2.05) is 38.1 Å². The third kappa shape index (κ3) is 3.54. The molecule has 3 heteroatoms. The lowest BCUT2D eigenvalue weighted by molar-refractivity contribution is 0.0953. The van der Waals surface area contributed by atoms with Crippen LogP contribution in [0.15, 0.2) is 36.4 Å². The first-order valence-corrected chi connectivity index (χ1v) is 7.51. The molecular weight excluding hydrogens is 260 g/mol. The molecule has 112 valence electrons. The van der Waals surface area contributed by atoms with Crippen LogP contribution in [-0.4, -0.2) is 17.0 Å². The molecule has 1 aromatic heterocycles. The summed E-state index contributed by atoms with van der Waals surface area (Å²) >= 11 is 0. The Kier molecular flexibility index (Phi) is 4.84. The number of benzene rings is 1. The minimum absolute atomic E-state index is 0.0194. The highest BCUT2D eigenvalue weighted by atomic mass is 16.1. The number of carbonyl (C=O) groups is 1. The van der Waals surface area contributed by atoms with E-state index in [1.54, 1.807) is 0 Å². The van der Waals surface area contributed by atoms with E-state index >= 15 is 0 Å². The molecule has 0 fully saturated rings. The summed E-state index contributed by atoms with van der Waals surface area (Å²) in [5.41, 5.74) is 4.20. The molecule has 1 amide bonds. The Labute approximate surface area is 127 Å². The Morgan fingerprint density at radius 2 is 1.86 bits per heavy atom. The van der Waals surface area contributed by atoms with Crippen molar-refractivity contribution in [2.45, 2.75) is 40.2 Å². The Morgan fingerprint density at radius 1 is 1.19 bits per heavy atom. The lowest BCUT2D eigenvalue weighted by atomic mass is 10.1. The minimum Gasteiger partial charge on any atom is -0.352 e. The molecule has 0 aliphatic rings. The molecule has 0 atom stereocenters. The summed E-state index contributed by atoms with van der Waals surface area (Å²) in [7, 11) is 0. The van der Waals surface area contributed by atoms with Crippen molar-refractivity contribution in [2.75, 3.05) is 6.54 Å². The predicted molar refractivity (Wildman–Crippen MR) is 86.8 cm³/mol. The summed E-state index contributed by atoms with van der Waals surface area (Å²) in [6, 6.07) is 12.6. The second kappa shape index (κ2) is 6.61. The lowest BCUT2D eigenvalue weighted by Crippen LogP contribution is -2.26. The largest absolute Gasteiger partial charge is 0.352 e. The van der Waals surface area contributed by atoms with Crippen LogP contribution < -0.4 is 5.32 Å². The number of carbonyl (C=O) groups excluding carboxylic acids is 1. The van der Waals surface area contributed by atoms with Crippen molar-refractivity contribution in [2.24, 2.45) is 0 Å². The van der Waals surface area contributed by atoms with Crippen LogP contribution in [0.25, 0.3) is 0 Å². The van der Waals surface area contributed by atoms with Gasteiger partial charge < -0.3 is 9.88 Å². The van der Waals surface area contributed by atoms with Crippen LogP contribution in [0.5, 0.6) is 0 Å². The Bertz CT molecular complexity index is 612. The van der Waals surface area contributed by atoms with Gasteiger partial charge in [-0.25, -0.2) is 0 Å². The molecule has 2 rings (SSSR count). The summed E-state index contributed by atoms with van der Waals surface area (Å²) in [4.78, 5) is 12.3. The molecule has 0 radical (unpaired) electrons. The highest BCUT2D eigenvalue weighted by Crippen LogP contribution is 2.19. The van der Waals surface area contributed by atoms with Crippen LogP contribution in [0, 0.1) is 13.8 Å². The molecule has 0 aliphatic carbocycles. The first kappa shape index (κ1) is 15.4. The molecule has 1 N–H and O–H groups in total. The summed E-state index contributed by atoms with van der Waals surface area (Å²) in [6.07, 6.45) is 0.857. The molecule has 0 aliphatic heterocycles. The molecule has 3 nitrogen and oxygen atoms in total. The lowest BCUT2D eigenvalue weighted by Gasteiger charge is -2.13. The maximum atomic E-state index is 12.3. The molecule has 0 bridgehead atoms. The Hall–Kier alpha value is -2.03. The summed E-state index contributed by atoms with van der Waals surface area (Å²) in [5.74, 6) is 0.0194. The van der Waals surface area contributed by atoms with Crippen LogP contribution in [0.3, 0.4) is 0 Å². The second-order valence-electron chi connectivity index (χ2n) is 5.74. The van der Waals surface area contributed by atoms with Crippen molar-refractivity contribution in [1.82, 2.24) is 9.88 Å². The van der Waals surface area contributed by atoms with E-state index in [9.17, 15) is 4.79 Å². The average Bonchev–Trinajstić information content (AvgIpc) is 2.75. The van der Waals surface area contributed by atoms with Gasteiger partial charge in [-0.1, -0.05) is 30.3 Å². The van der Waals surface area contributed by atoms with E-state index in [-0.39, 0.29) is 5.91 Å². The van der Waals surface area contributed by atoms with Crippen LogP contribution in [-0.2, 0) is 6.42 Å². The minimum atomic E-state index is 0.0194. The molecule has 1 aromatic carbocycles. The van der Waals surface area contributed by atoms with E-state index in [4.69, 9.17) is 0 Å². The van der Waals surface area contributed by atoms with E-state index in [0.29, 0.717) is 12.6 Å². The van der Waals surface area contributed by atoms with Crippen LogP contribution in [0.1, 0.15) is 47.2 Å². The number of amides is 1. The molecule has 2 aromatic rings. The smallest absolute Gasteiger partial charge is 0.253 e. The zero-order valence-electron chi connectivity index (χ0n) is 13.3. The van der Waals surface area contributed by atoms with Gasteiger partial charge in [-0.2, -0.15) is 0 Å². The Morgan fingerprint density at radius 3 is 2.43 bits per heavy atom.